The highest BCUT2D eigenvalue weighted by molar-refractivity contribution is 9.10. The fourth-order valence-corrected chi connectivity index (χ4v) is 2.34. The lowest BCUT2D eigenvalue weighted by Gasteiger charge is -2.09. The van der Waals surface area contributed by atoms with Gasteiger partial charge in [0.1, 0.15) is 5.75 Å². The Hall–Kier alpha value is -2.60. The predicted octanol–water partition coefficient (Wildman–Crippen LogP) is 3.00. The fraction of sp³-hybridized carbons (Fsp3) is 0.111. The number of carbonyl (C=O) groups is 2. The maximum atomic E-state index is 11.7. The average molecular weight is 389 g/mol. The number of hydrogen-bond acceptors (Lipinski definition) is 3. The van der Waals surface area contributed by atoms with E-state index in [1.165, 1.54) is 6.08 Å². The summed E-state index contributed by atoms with van der Waals surface area (Å²) < 4.78 is 6.35. The van der Waals surface area contributed by atoms with Crippen LogP contribution in [0.15, 0.2) is 59.1 Å². The molecule has 0 aromatic heterocycles. The number of aryl methyl sites for hydroxylation is 1. The molecule has 0 unspecified atom stereocenters. The first-order chi connectivity index (χ1) is 11.5. The largest absolute Gasteiger partial charge is 0.483 e. The number of carbonyl (C=O) groups excluding carboxylic acids is 2. The van der Waals surface area contributed by atoms with Crippen molar-refractivity contribution in [1.82, 2.24) is 10.9 Å². The van der Waals surface area contributed by atoms with E-state index in [0.29, 0.717) is 5.75 Å². The topological polar surface area (TPSA) is 67.4 Å². The molecule has 24 heavy (non-hydrogen) atoms. The van der Waals surface area contributed by atoms with E-state index in [1.807, 2.05) is 49.4 Å². The van der Waals surface area contributed by atoms with Crippen molar-refractivity contribution >= 4 is 33.8 Å². The van der Waals surface area contributed by atoms with Crippen LogP contribution in [-0.2, 0) is 9.59 Å². The monoisotopic (exact) mass is 388 g/mol. The van der Waals surface area contributed by atoms with Crippen molar-refractivity contribution in [2.24, 2.45) is 0 Å². The average Bonchev–Trinajstić information content (AvgIpc) is 2.58. The first-order valence-electron chi connectivity index (χ1n) is 7.25. The van der Waals surface area contributed by atoms with Crippen LogP contribution in [0.1, 0.15) is 11.1 Å². The summed E-state index contributed by atoms with van der Waals surface area (Å²) in [5.41, 5.74) is 6.40. The van der Waals surface area contributed by atoms with Gasteiger partial charge in [-0.1, -0.05) is 46.3 Å². The van der Waals surface area contributed by atoms with E-state index < -0.39 is 11.8 Å². The molecule has 0 saturated heterocycles. The second-order valence-corrected chi connectivity index (χ2v) is 5.90. The Bertz CT molecular complexity index is 745. The minimum atomic E-state index is -0.446. The van der Waals surface area contributed by atoms with Gasteiger partial charge in [-0.05, 0) is 42.3 Å². The number of hydrogen-bond donors (Lipinski definition) is 2. The van der Waals surface area contributed by atoms with Crippen LogP contribution in [0.2, 0.25) is 0 Å². The lowest BCUT2D eigenvalue weighted by molar-refractivity contribution is -0.128. The normalized spacial score (nSPS) is 10.4. The van der Waals surface area contributed by atoms with Gasteiger partial charge in [0.15, 0.2) is 6.61 Å². The van der Waals surface area contributed by atoms with Crippen LogP contribution in [0.4, 0.5) is 0 Å². The van der Waals surface area contributed by atoms with Crippen LogP contribution >= 0.6 is 15.9 Å². The summed E-state index contributed by atoms with van der Waals surface area (Å²) >= 11 is 3.36. The smallest absolute Gasteiger partial charge is 0.276 e. The summed E-state index contributed by atoms with van der Waals surface area (Å²) in [6, 6.07) is 14.9. The number of ether oxygens (including phenoxy) is 1. The Morgan fingerprint density at radius 1 is 1.12 bits per heavy atom. The molecule has 0 bridgehead atoms. The van der Waals surface area contributed by atoms with Crippen LogP contribution in [0.25, 0.3) is 6.08 Å². The molecule has 0 atom stereocenters. The van der Waals surface area contributed by atoms with Crippen molar-refractivity contribution in [1.29, 1.82) is 0 Å². The van der Waals surface area contributed by atoms with Crippen LogP contribution in [-0.4, -0.2) is 18.4 Å². The number of amides is 2. The molecular weight excluding hydrogens is 372 g/mol. The summed E-state index contributed by atoms with van der Waals surface area (Å²) in [7, 11) is 0. The Morgan fingerprint density at radius 2 is 1.88 bits per heavy atom. The summed E-state index contributed by atoms with van der Waals surface area (Å²) in [6.07, 6.45) is 3.00. The van der Waals surface area contributed by atoms with Crippen molar-refractivity contribution in [2.45, 2.75) is 6.92 Å². The van der Waals surface area contributed by atoms with E-state index in [9.17, 15) is 9.59 Å². The number of halogens is 1. The lowest BCUT2D eigenvalue weighted by Crippen LogP contribution is -2.43. The first kappa shape index (κ1) is 17.7. The second kappa shape index (κ2) is 8.88. The molecule has 0 aliphatic rings. The van der Waals surface area contributed by atoms with Crippen molar-refractivity contribution in [2.75, 3.05) is 6.61 Å². The summed E-state index contributed by atoms with van der Waals surface area (Å²) in [6.45, 7) is 1.69. The van der Waals surface area contributed by atoms with E-state index >= 15 is 0 Å². The zero-order chi connectivity index (χ0) is 17.4. The molecule has 0 spiro atoms. The minimum absolute atomic E-state index is 0.189. The number of benzene rings is 2. The summed E-state index contributed by atoms with van der Waals surface area (Å²) in [5.74, 6) is -0.255. The highest BCUT2D eigenvalue weighted by Gasteiger charge is 2.06. The molecular formula is C18H17BrN2O3. The number of rotatable bonds is 5. The highest BCUT2D eigenvalue weighted by atomic mass is 79.9. The van der Waals surface area contributed by atoms with Gasteiger partial charge < -0.3 is 4.74 Å². The van der Waals surface area contributed by atoms with Crippen LogP contribution in [0, 0.1) is 6.92 Å². The van der Waals surface area contributed by atoms with Gasteiger partial charge in [0.2, 0.25) is 0 Å². The van der Waals surface area contributed by atoms with Crippen molar-refractivity contribution in [3.63, 3.8) is 0 Å². The molecule has 124 valence electrons. The molecule has 0 fully saturated rings. The molecule has 0 aliphatic heterocycles. The van der Waals surface area contributed by atoms with E-state index in [2.05, 4.69) is 26.8 Å². The second-order valence-electron chi connectivity index (χ2n) is 4.98. The molecule has 0 aliphatic carbocycles. The summed E-state index contributed by atoms with van der Waals surface area (Å²) in [4.78, 5) is 23.3. The predicted molar refractivity (Wildman–Crippen MR) is 96.1 cm³/mol. The van der Waals surface area contributed by atoms with Gasteiger partial charge in [-0.3, -0.25) is 20.4 Å². The molecule has 2 aromatic rings. The maximum Gasteiger partial charge on any atom is 0.276 e. The zero-order valence-corrected chi connectivity index (χ0v) is 14.7. The maximum absolute atomic E-state index is 11.7. The Balaban J connectivity index is 1.74. The third kappa shape index (κ3) is 5.89. The molecule has 0 radical (unpaired) electrons. The van der Waals surface area contributed by atoms with Crippen molar-refractivity contribution in [3.8, 4) is 5.75 Å². The third-order valence-corrected chi connectivity index (χ3v) is 3.54. The number of hydrazine groups is 1. The van der Waals surface area contributed by atoms with Crippen molar-refractivity contribution in [3.05, 3.63) is 70.2 Å². The number of nitrogens with one attached hydrogen (secondary N) is 2. The molecule has 5 nitrogen and oxygen atoms in total. The molecule has 0 saturated carbocycles. The van der Waals surface area contributed by atoms with Gasteiger partial charge in [0.25, 0.3) is 11.8 Å². The van der Waals surface area contributed by atoms with Gasteiger partial charge in [-0.2, -0.15) is 0 Å². The summed E-state index contributed by atoms with van der Waals surface area (Å²) in [5, 5.41) is 0. The molecule has 2 rings (SSSR count). The minimum Gasteiger partial charge on any atom is -0.483 e. The van der Waals surface area contributed by atoms with E-state index in [1.54, 1.807) is 12.1 Å². The standard InChI is InChI=1S/C18H17BrN2O3/c1-13-11-15(19)8-9-16(13)24-12-18(23)21-20-17(22)10-7-14-5-3-2-4-6-14/h2-11H,12H2,1H3,(H,20,22)(H,21,23)/b10-7-. The quantitative estimate of drug-likeness (QED) is 0.610. The SMILES string of the molecule is Cc1cc(Br)ccc1OCC(=O)NNC(=O)/C=C\c1ccccc1. The molecule has 2 amide bonds. The molecule has 6 heteroatoms. The molecule has 2 N–H and O–H groups in total. The zero-order valence-electron chi connectivity index (χ0n) is 13.1. The highest BCUT2D eigenvalue weighted by Crippen LogP contribution is 2.21. The third-order valence-electron chi connectivity index (χ3n) is 3.05. The van der Waals surface area contributed by atoms with Crippen molar-refractivity contribution < 1.29 is 14.3 Å². The van der Waals surface area contributed by atoms with Crippen LogP contribution in [0.5, 0.6) is 5.75 Å². The fourth-order valence-electron chi connectivity index (χ4n) is 1.86. The van der Waals surface area contributed by atoms with Gasteiger partial charge in [0.05, 0.1) is 0 Å². The van der Waals surface area contributed by atoms with E-state index in [-0.39, 0.29) is 6.61 Å². The molecule has 0 heterocycles. The van der Waals surface area contributed by atoms with Crippen LogP contribution in [0.3, 0.4) is 0 Å². The van der Waals surface area contributed by atoms with Gasteiger partial charge >= 0.3 is 0 Å². The van der Waals surface area contributed by atoms with Gasteiger partial charge in [0, 0.05) is 10.5 Å². The Morgan fingerprint density at radius 3 is 2.58 bits per heavy atom. The Labute approximate surface area is 148 Å². The molecule has 2 aromatic carbocycles. The van der Waals surface area contributed by atoms with Gasteiger partial charge in [-0.15, -0.1) is 0 Å². The van der Waals surface area contributed by atoms with E-state index in [4.69, 9.17) is 4.74 Å². The van der Waals surface area contributed by atoms with Crippen LogP contribution < -0.4 is 15.6 Å². The van der Waals surface area contributed by atoms with E-state index in [0.717, 1.165) is 15.6 Å². The lowest BCUT2D eigenvalue weighted by atomic mass is 10.2. The first-order valence-corrected chi connectivity index (χ1v) is 8.05. The van der Waals surface area contributed by atoms with Gasteiger partial charge in [-0.25, -0.2) is 0 Å². The Kier molecular flexibility index (Phi) is 6.57.